The van der Waals surface area contributed by atoms with Crippen molar-refractivity contribution < 1.29 is 4.39 Å². The van der Waals surface area contributed by atoms with E-state index in [4.69, 9.17) is 7.85 Å². The first-order chi connectivity index (χ1) is 6.92. The van der Waals surface area contributed by atoms with Gasteiger partial charge in [-0.25, -0.2) is 4.39 Å². The van der Waals surface area contributed by atoms with Gasteiger partial charge in [-0.15, -0.1) is 9.24 Å². The van der Waals surface area contributed by atoms with E-state index in [-0.39, 0.29) is 17.5 Å². The van der Waals surface area contributed by atoms with Crippen LogP contribution in [0.25, 0.3) is 0 Å². The van der Waals surface area contributed by atoms with Gasteiger partial charge in [0.25, 0.3) is 0 Å². The van der Waals surface area contributed by atoms with Gasteiger partial charge in [-0.3, -0.25) is 4.90 Å². The van der Waals surface area contributed by atoms with E-state index < -0.39 is 5.31 Å². The molecule has 0 saturated carbocycles. The molecule has 1 saturated heterocycles. The lowest BCUT2D eigenvalue weighted by Crippen LogP contribution is -2.45. The second kappa shape index (κ2) is 4.25. The second-order valence-electron chi connectivity index (χ2n) is 6.89. The van der Waals surface area contributed by atoms with Crippen LogP contribution in [-0.4, -0.2) is 36.7 Å². The topological polar surface area (TPSA) is 3.24 Å². The van der Waals surface area contributed by atoms with Gasteiger partial charge in [0.1, 0.15) is 7.85 Å². The summed E-state index contributed by atoms with van der Waals surface area (Å²) in [7, 11) is 7.53. The van der Waals surface area contributed by atoms with Crippen LogP contribution in [0, 0.1) is 11.3 Å². The number of rotatable bonds is 2. The maximum absolute atomic E-state index is 13.5. The van der Waals surface area contributed by atoms with Crippen LogP contribution in [0.2, 0.25) is 0 Å². The van der Waals surface area contributed by atoms with Gasteiger partial charge in [-0.1, -0.05) is 20.8 Å². The summed E-state index contributed by atoms with van der Waals surface area (Å²) in [6.45, 7) is 12.3. The van der Waals surface area contributed by atoms with E-state index in [1.54, 1.807) is 0 Å². The Morgan fingerprint density at radius 1 is 1.44 bits per heavy atom. The third kappa shape index (κ3) is 3.70. The van der Waals surface area contributed by atoms with Gasteiger partial charge in [0.15, 0.2) is 0 Å². The molecule has 1 fully saturated rings. The Balaban J connectivity index is 2.74. The number of hydrogen-bond donors (Lipinski definition) is 0. The molecule has 0 spiro atoms. The molecule has 3 unspecified atom stereocenters. The van der Waals surface area contributed by atoms with E-state index in [0.29, 0.717) is 5.92 Å². The van der Waals surface area contributed by atoms with Crippen LogP contribution in [0.3, 0.4) is 0 Å². The van der Waals surface area contributed by atoms with Crippen molar-refractivity contribution in [3.8, 4) is 0 Å². The highest BCUT2D eigenvalue weighted by Crippen LogP contribution is 2.42. The van der Waals surface area contributed by atoms with Gasteiger partial charge in [0, 0.05) is 18.6 Å². The normalized spacial score (nSPS) is 30.3. The average molecular weight is 243 g/mol. The van der Waals surface area contributed by atoms with Crippen molar-refractivity contribution in [3.05, 3.63) is 0 Å². The summed E-state index contributed by atoms with van der Waals surface area (Å²) in [6.07, 6.45) is 1.11. The zero-order valence-corrected chi connectivity index (χ0v) is 12.3. The van der Waals surface area contributed by atoms with Gasteiger partial charge < -0.3 is 0 Å². The Morgan fingerprint density at radius 3 is 2.25 bits per heavy atom. The first-order valence-electron chi connectivity index (χ1n) is 5.93. The Hall–Kier alpha value is 0.385. The highest BCUT2D eigenvalue weighted by Gasteiger charge is 2.44. The number of hydrogen-bond acceptors (Lipinski definition) is 1. The predicted molar refractivity (Wildman–Crippen MR) is 72.5 cm³/mol. The van der Waals surface area contributed by atoms with Crippen molar-refractivity contribution in [1.82, 2.24) is 4.90 Å². The number of alkyl halides is 1. The molecule has 16 heavy (non-hydrogen) atoms. The lowest BCUT2D eigenvalue weighted by atomic mass is 9.78. The Bertz CT molecular complexity index is 255. The molecule has 0 amide bonds. The van der Waals surface area contributed by atoms with Crippen molar-refractivity contribution >= 4 is 17.1 Å². The number of nitrogens with zero attached hydrogens (tertiary/aromatic N) is 1. The van der Waals surface area contributed by atoms with Gasteiger partial charge in [0.05, 0.1) is 5.31 Å². The SMILES string of the molecule is [B]C(F)(P)CN1CC(C(C)(C)C)CC1(C)C. The standard InChI is InChI=1S/C12H24BFNP/c1-10(2,3)9-6-11(4,5)15(7-9)8-12(13,14)16/h9H,6-8,16H2,1-5H3. The lowest BCUT2D eigenvalue weighted by Gasteiger charge is -2.34. The first-order valence-corrected chi connectivity index (χ1v) is 6.51. The molecule has 0 aromatic carbocycles. The fourth-order valence-corrected chi connectivity index (χ4v) is 2.68. The molecule has 1 heterocycles. The van der Waals surface area contributed by atoms with E-state index in [1.165, 1.54) is 0 Å². The summed E-state index contributed by atoms with van der Waals surface area (Å²) in [5, 5.41) is -1.68. The van der Waals surface area contributed by atoms with Crippen LogP contribution >= 0.6 is 9.24 Å². The molecule has 4 heteroatoms. The summed E-state index contributed by atoms with van der Waals surface area (Å²) in [4.78, 5) is 2.18. The summed E-state index contributed by atoms with van der Waals surface area (Å²) in [6, 6.07) is 0. The van der Waals surface area contributed by atoms with Crippen LogP contribution in [-0.2, 0) is 0 Å². The maximum atomic E-state index is 13.5. The molecule has 1 aliphatic rings. The molecule has 0 bridgehead atoms. The number of likely N-dealkylation sites (tertiary alicyclic amines) is 1. The molecule has 0 aliphatic carbocycles. The van der Waals surface area contributed by atoms with E-state index in [1.807, 2.05) is 0 Å². The molecule has 0 aromatic rings. The van der Waals surface area contributed by atoms with Crippen LogP contribution in [0.1, 0.15) is 41.0 Å². The molecule has 92 valence electrons. The second-order valence-corrected chi connectivity index (χ2v) is 7.85. The Morgan fingerprint density at radius 2 is 1.94 bits per heavy atom. The van der Waals surface area contributed by atoms with E-state index in [2.05, 4.69) is 48.8 Å². The smallest absolute Gasteiger partial charge is 0.128 e. The molecular weight excluding hydrogens is 219 g/mol. The minimum Gasteiger partial charge on any atom is -0.295 e. The fraction of sp³-hybridized carbons (Fsp3) is 1.00. The average Bonchev–Trinajstić information content (AvgIpc) is 2.22. The first kappa shape index (κ1) is 14.4. The van der Waals surface area contributed by atoms with Gasteiger partial charge >= 0.3 is 0 Å². The highest BCUT2D eigenvalue weighted by molar-refractivity contribution is 7.21. The summed E-state index contributed by atoms with van der Waals surface area (Å²) >= 11 is 0. The van der Waals surface area contributed by atoms with Crippen molar-refractivity contribution in [3.63, 3.8) is 0 Å². The zero-order valence-electron chi connectivity index (χ0n) is 11.2. The molecule has 3 atom stereocenters. The van der Waals surface area contributed by atoms with Crippen molar-refractivity contribution in [2.75, 3.05) is 13.1 Å². The molecule has 0 N–H and O–H groups in total. The van der Waals surface area contributed by atoms with Crippen molar-refractivity contribution in [2.45, 2.75) is 51.9 Å². The van der Waals surface area contributed by atoms with Gasteiger partial charge in [-0.05, 0) is 31.6 Å². The van der Waals surface area contributed by atoms with Crippen LogP contribution in [0.5, 0.6) is 0 Å². The molecule has 0 aromatic heterocycles. The zero-order chi connectivity index (χ0) is 12.8. The van der Waals surface area contributed by atoms with Crippen molar-refractivity contribution in [2.24, 2.45) is 11.3 Å². The molecule has 1 nitrogen and oxygen atoms in total. The van der Waals surface area contributed by atoms with E-state index in [0.717, 1.165) is 13.0 Å². The fourth-order valence-electron chi connectivity index (χ4n) is 2.46. The molecule has 1 rings (SSSR count). The highest BCUT2D eigenvalue weighted by atomic mass is 31.0. The summed E-state index contributed by atoms with van der Waals surface area (Å²) < 4.78 is 13.5. The lowest BCUT2D eigenvalue weighted by molar-refractivity contribution is 0.139. The molecule has 2 radical (unpaired) electrons. The molecule has 1 aliphatic heterocycles. The van der Waals surface area contributed by atoms with Gasteiger partial charge in [0.2, 0.25) is 0 Å². The van der Waals surface area contributed by atoms with Gasteiger partial charge in [-0.2, -0.15) is 0 Å². The molecular formula is C12H24BFNP. The van der Waals surface area contributed by atoms with Crippen LogP contribution in [0.4, 0.5) is 4.39 Å². The Kier molecular flexibility index (Phi) is 3.83. The quantitative estimate of drug-likeness (QED) is 0.532. The van der Waals surface area contributed by atoms with E-state index >= 15 is 0 Å². The summed E-state index contributed by atoms with van der Waals surface area (Å²) in [5.41, 5.74) is 0.325. The number of halogens is 1. The largest absolute Gasteiger partial charge is 0.295 e. The third-order valence-electron chi connectivity index (χ3n) is 3.70. The Labute approximate surface area is 103 Å². The monoisotopic (exact) mass is 243 g/mol. The van der Waals surface area contributed by atoms with Crippen molar-refractivity contribution in [1.29, 1.82) is 0 Å². The van der Waals surface area contributed by atoms with Crippen LogP contribution in [0.15, 0.2) is 0 Å². The maximum Gasteiger partial charge on any atom is 0.128 e. The minimum absolute atomic E-state index is 0.0469. The minimum atomic E-state index is -1.68. The van der Waals surface area contributed by atoms with E-state index in [9.17, 15) is 4.39 Å². The summed E-state index contributed by atoms with van der Waals surface area (Å²) in [5.74, 6) is 0.606. The third-order valence-corrected chi connectivity index (χ3v) is 3.88. The van der Waals surface area contributed by atoms with Crippen LogP contribution < -0.4 is 0 Å². The predicted octanol–water partition coefficient (Wildman–Crippen LogP) is 2.80.